The predicted molar refractivity (Wildman–Crippen MR) is 75.3 cm³/mol. The van der Waals surface area contributed by atoms with Gasteiger partial charge in [0, 0.05) is 11.6 Å². The Hall–Kier alpha value is -1.73. The van der Waals surface area contributed by atoms with Crippen LogP contribution in [0.3, 0.4) is 0 Å². The fourth-order valence-electron chi connectivity index (χ4n) is 2.91. The van der Waals surface area contributed by atoms with Crippen molar-refractivity contribution in [1.82, 2.24) is 5.32 Å². The molecule has 1 fully saturated rings. The van der Waals surface area contributed by atoms with Gasteiger partial charge in [0.25, 0.3) is 5.91 Å². The first kappa shape index (κ1) is 18.6. The maximum atomic E-state index is 12.8. The average Bonchev–Trinajstić information content (AvgIpc) is 3.18. The number of benzene rings is 1. The van der Waals surface area contributed by atoms with Gasteiger partial charge in [-0.3, -0.25) is 4.79 Å². The van der Waals surface area contributed by atoms with Crippen molar-refractivity contribution in [2.45, 2.75) is 51.5 Å². The summed E-state index contributed by atoms with van der Waals surface area (Å²) in [4.78, 5) is 12.1. The van der Waals surface area contributed by atoms with Crippen LogP contribution in [0.1, 0.15) is 54.6 Å². The van der Waals surface area contributed by atoms with E-state index in [0.717, 1.165) is 12.8 Å². The zero-order valence-corrected chi connectivity index (χ0v) is 13.1. The fourth-order valence-corrected chi connectivity index (χ4v) is 2.91. The van der Waals surface area contributed by atoms with Crippen molar-refractivity contribution in [3.05, 3.63) is 34.9 Å². The summed E-state index contributed by atoms with van der Waals surface area (Å²) < 4.78 is 76.8. The standard InChI is InChI=1S/C16H17F6NO/c1-3-14(4-2)8-12(14)23-13(24)9-5-10(15(17,18)19)7-11(6-9)16(20,21)22/h5-7,12H,3-4,8H2,1-2H3,(H,23,24)/t12-/m1/s1. The maximum absolute atomic E-state index is 12.8. The summed E-state index contributed by atoms with van der Waals surface area (Å²) >= 11 is 0. The molecule has 1 saturated carbocycles. The first-order valence-corrected chi connectivity index (χ1v) is 7.53. The lowest BCUT2D eigenvalue weighted by Crippen LogP contribution is -2.30. The largest absolute Gasteiger partial charge is 0.416 e. The van der Waals surface area contributed by atoms with E-state index in [-0.39, 0.29) is 17.5 Å². The summed E-state index contributed by atoms with van der Waals surface area (Å²) in [5.74, 6) is -0.916. The Kier molecular flexibility index (Phi) is 4.63. The molecule has 0 spiro atoms. The number of hydrogen-bond acceptors (Lipinski definition) is 1. The van der Waals surface area contributed by atoms with Gasteiger partial charge in [-0.05, 0) is 42.9 Å². The molecule has 0 saturated heterocycles. The van der Waals surface area contributed by atoms with E-state index in [1.807, 2.05) is 13.8 Å². The van der Waals surface area contributed by atoms with Crippen molar-refractivity contribution in [2.75, 3.05) is 0 Å². The quantitative estimate of drug-likeness (QED) is 0.756. The summed E-state index contributed by atoms with van der Waals surface area (Å²) in [7, 11) is 0. The number of rotatable bonds is 4. The SMILES string of the molecule is CCC1(CC)C[C@H]1NC(=O)c1cc(C(F)(F)F)cc(C(F)(F)F)c1. The molecule has 2 rings (SSSR count). The molecule has 134 valence electrons. The van der Waals surface area contributed by atoms with Crippen molar-refractivity contribution in [1.29, 1.82) is 0 Å². The fraction of sp³-hybridized carbons (Fsp3) is 0.562. The Morgan fingerprint density at radius 2 is 1.50 bits per heavy atom. The van der Waals surface area contributed by atoms with Crippen LogP contribution in [0.5, 0.6) is 0 Å². The van der Waals surface area contributed by atoms with Gasteiger partial charge in [-0.2, -0.15) is 26.3 Å². The Labute approximate surface area is 135 Å². The minimum Gasteiger partial charge on any atom is -0.349 e. The molecule has 1 amide bonds. The summed E-state index contributed by atoms with van der Waals surface area (Å²) in [6.07, 6.45) is -7.69. The highest BCUT2D eigenvalue weighted by Gasteiger charge is 2.51. The molecule has 0 radical (unpaired) electrons. The molecule has 0 heterocycles. The Morgan fingerprint density at radius 3 is 1.83 bits per heavy atom. The molecular weight excluding hydrogens is 336 g/mol. The van der Waals surface area contributed by atoms with Crippen molar-refractivity contribution < 1.29 is 31.1 Å². The number of hydrogen-bond donors (Lipinski definition) is 1. The van der Waals surface area contributed by atoms with Gasteiger partial charge >= 0.3 is 12.4 Å². The van der Waals surface area contributed by atoms with Crippen LogP contribution in [0.15, 0.2) is 18.2 Å². The van der Waals surface area contributed by atoms with Crippen LogP contribution < -0.4 is 5.32 Å². The van der Waals surface area contributed by atoms with E-state index in [0.29, 0.717) is 18.6 Å². The number of alkyl halides is 6. The Bertz CT molecular complexity index is 598. The Balaban J connectivity index is 2.31. The van der Waals surface area contributed by atoms with Gasteiger partial charge in [-0.15, -0.1) is 0 Å². The van der Waals surface area contributed by atoms with E-state index in [9.17, 15) is 31.1 Å². The molecule has 1 N–H and O–H groups in total. The minimum atomic E-state index is -4.97. The molecule has 8 heteroatoms. The monoisotopic (exact) mass is 353 g/mol. The third-order valence-corrected chi connectivity index (χ3v) is 4.75. The second-order valence-electron chi connectivity index (χ2n) is 6.09. The number of carbonyl (C=O) groups excluding carboxylic acids is 1. The van der Waals surface area contributed by atoms with Crippen LogP contribution in [0, 0.1) is 5.41 Å². The predicted octanol–water partition coefficient (Wildman–Crippen LogP) is 5.03. The van der Waals surface area contributed by atoms with E-state index in [1.54, 1.807) is 0 Å². The third kappa shape index (κ3) is 3.67. The van der Waals surface area contributed by atoms with Gasteiger partial charge in [0.15, 0.2) is 0 Å². The molecule has 1 aromatic carbocycles. The zero-order chi connectivity index (χ0) is 18.3. The topological polar surface area (TPSA) is 29.1 Å². The van der Waals surface area contributed by atoms with Crippen molar-refractivity contribution in [3.63, 3.8) is 0 Å². The molecule has 1 atom stereocenters. The molecule has 1 aliphatic rings. The highest BCUT2D eigenvalue weighted by molar-refractivity contribution is 5.95. The molecule has 1 aliphatic carbocycles. The van der Waals surface area contributed by atoms with Crippen molar-refractivity contribution in [2.24, 2.45) is 5.41 Å². The van der Waals surface area contributed by atoms with Crippen LogP contribution in [0.25, 0.3) is 0 Å². The lowest BCUT2D eigenvalue weighted by Gasteiger charge is -2.16. The number of amides is 1. The highest BCUT2D eigenvalue weighted by Crippen LogP contribution is 2.51. The van der Waals surface area contributed by atoms with Gasteiger partial charge in [0.05, 0.1) is 11.1 Å². The third-order valence-electron chi connectivity index (χ3n) is 4.75. The first-order valence-electron chi connectivity index (χ1n) is 7.53. The molecule has 0 aromatic heterocycles. The normalized spacial score (nSPS) is 19.9. The first-order chi connectivity index (χ1) is 10.9. The van der Waals surface area contributed by atoms with Crippen LogP contribution in [-0.4, -0.2) is 11.9 Å². The number of nitrogens with one attached hydrogen (secondary N) is 1. The highest BCUT2D eigenvalue weighted by atomic mass is 19.4. The van der Waals surface area contributed by atoms with E-state index in [2.05, 4.69) is 5.32 Å². The van der Waals surface area contributed by atoms with Gasteiger partial charge in [-0.1, -0.05) is 13.8 Å². The summed E-state index contributed by atoms with van der Waals surface area (Å²) in [6.45, 7) is 3.86. The van der Waals surface area contributed by atoms with E-state index >= 15 is 0 Å². The van der Waals surface area contributed by atoms with E-state index in [1.165, 1.54) is 0 Å². The lowest BCUT2D eigenvalue weighted by molar-refractivity contribution is -0.143. The summed E-state index contributed by atoms with van der Waals surface area (Å²) in [5, 5.41) is 2.55. The molecule has 1 aromatic rings. The minimum absolute atomic E-state index is 0.0102. The van der Waals surface area contributed by atoms with Gasteiger partial charge in [-0.25, -0.2) is 0 Å². The van der Waals surface area contributed by atoms with Crippen LogP contribution in [0.2, 0.25) is 0 Å². The smallest absolute Gasteiger partial charge is 0.349 e. The average molecular weight is 353 g/mol. The van der Waals surface area contributed by atoms with Gasteiger partial charge in [0.1, 0.15) is 0 Å². The second-order valence-corrected chi connectivity index (χ2v) is 6.09. The molecule has 0 unspecified atom stereocenters. The number of carbonyl (C=O) groups is 1. The molecule has 0 aliphatic heterocycles. The molecule has 0 bridgehead atoms. The summed E-state index contributed by atoms with van der Waals surface area (Å²) in [5.41, 5.74) is -3.72. The number of halogens is 6. The Morgan fingerprint density at radius 1 is 1.04 bits per heavy atom. The van der Waals surface area contributed by atoms with Crippen LogP contribution in [-0.2, 0) is 12.4 Å². The van der Waals surface area contributed by atoms with Crippen molar-refractivity contribution in [3.8, 4) is 0 Å². The van der Waals surface area contributed by atoms with Gasteiger partial charge in [0.2, 0.25) is 0 Å². The van der Waals surface area contributed by atoms with Crippen molar-refractivity contribution >= 4 is 5.91 Å². The van der Waals surface area contributed by atoms with Crippen LogP contribution >= 0.6 is 0 Å². The lowest BCUT2D eigenvalue weighted by atomic mass is 9.99. The molecule has 24 heavy (non-hydrogen) atoms. The van der Waals surface area contributed by atoms with E-state index in [4.69, 9.17) is 0 Å². The summed E-state index contributed by atoms with van der Waals surface area (Å²) in [6, 6.07) is 0.693. The zero-order valence-electron chi connectivity index (χ0n) is 13.1. The second kappa shape index (κ2) is 5.97. The van der Waals surface area contributed by atoms with Gasteiger partial charge < -0.3 is 5.32 Å². The van der Waals surface area contributed by atoms with Crippen LogP contribution in [0.4, 0.5) is 26.3 Å². The maximum Gasteiger partial charge on any atom is 0.416 e. The molecule has 2 nitrogen and oxygen atoms in total. The molecular formula is C16H17F6NO. The van der Waals surface area contributed by atoms with E-state index < -0.39 is 35.0 Å².